The lowest BCUT2D eigenvalue weighted by Gasteiger charge is -2.18. The van der Waals surface area contributed by atoms with Gasteiger partial charge in [0.2, 0.25) is 0 Å². The number of methoxy groups -OCH3 is 1. The van der Waals surface area contributed by atoms with E-state index in [4.69, 9.17) is 19.9 Å². The standard InChI is InChI=1S/C14H20F3NO3/c1-19-6-7-20-8-9-21-10-13(18)11-4-2-3-5-12(11)14(15,16)17/h2-5,13H,6-10,18H2,1H3. The average molecular weight is 307 g/mol. The zero-order chi connectivity index (χ0) is 15.7. The van der Waals surface area contributed by atoms with Crippen LogP contribution in [0.2, 0.25) is 0 Å². The molecule has 1 aromatic rings. The van der Waals surface area contributed by atoms with Gasteiger partial charge in [0.15, 0.2) is 0 Å². The molecule has 7 heteroatoms. The third-order valence-corrected chi connectivity index (χ3v) is 2.77. The Morgan fingerprint density at radius 1 is 1.05 bits per heavy atom. The van der Waals surface area contributed by atoms with Crippen molar-refractivity contribution in [3.05, 3.63) is 35.4 Å². The summed E-state index contributed by atoms with van der Waals surface area (Å²) in [4.78, 5) is 0. The highest BCUT2D eigenvalue weighted by atomic mass is 19.4. The summed E-state index contributed by atoms with van der Waals surface area (Å²) in [5.74, 6) is 0. The summed E-state index contributed by atoms with van der Waals surface area (Å²) in [6.45, 7) is 1.55. The first-order chi connectivity index (χ1) is 9.96. The Hall–Kier alpha value is -1.15. The van der Waals surface area contributed by atoms with E-state index in [2.05, 4.69) is 0 Å². The van der Waals surface area contributed by atoms with Crippen molar-refractivity contribution in [2.45, 2.75) is 12.2 Å². The lowest BCUT2D eigenvalue weighted by Crippen LogP contribution is -2.22. The minimum Gasteiger partial charge on any atom is -0.382 e. The number of alkyl halides is 3. The summed E-state index contributed by atoms with van der Waals surface area (Å²) in [6.07, 6.45) is -4.42. The third kappa shape index (κ3) is 6.43. The number of nitrogens with two attached hydrogens (primary N) is 1. The summed E-state index contributed by atoms with van der Waals surface area (Å²) in [5.41, 5.74) is 5.08. The second-order valence-electron chi connectivity index (χ2n) is 4.37. The van der Waals surface area contributed by atoms with E-state index in [0.29, 0.717) is 19.8 Å². The molecule has 0 saturated carbocycles. The van der Waals surface area contributed by atoms with Gasteiger partial charge in [-0.05, 0) is 11.6 Å². The van der Waals surface area contributed by atoms with E-state index in [1.807, 2.05) is 0 Å². The van der Waals surface area contributed by atoms with Gasteiger partial charge in [-0.2, -0.15) is 13.2 Å². The number of halogens is 3. The topological polar surface area (TPSA) is 53.7 Å². The molecule has 0 saturated heterocycles. The Kier molecular flexibility index (Phi) is 7.66. The van der Waals surface area contributed by atoms with E-state index in [0.717, 1.165) is 6.07 Å². The first-order valence-corrected chi connectivity index (χ1v) is 6.53. The summed E-state index contributed by atoms with van der Waals surface area (Å²) < 4.78 is 53.7. The first kappa shape index (κ1) is 17.9. The zero-order valence-electron chi connectivity index (χ0n) is 11.9. The van der Waals surface area contributed by atoms with Gasteiger partial charge in [0.25, 0.3) is 0 Å². The van der Waals surface area contributed by atoms with Crippen molar-refractivity contribution in [2.24, 2.45) is 5.73 Å². The maximum atomic E-state index is 12.8. The van der Waals surface area contributed by atoms with Crippen LogP contribution < -0.4 is 5.73 Å². The van der Waals surface area contributed by atoms with Crippen molar-refractivity contribution in [3.8, 4) is 0 Å². The molecular weight excluding hydrogens is 287 g/mol. The fraction of sp³-hybridized carbons (Fsp3) is 0.571. The van der Waals surface area contributed by atoms with Gasteiger partial charge in [-0.1, -0.05) is 18.2 Å². The van der Waals surface area contributed by atoms with Crippen molar-refractivity contribution in [2.75, 3.05) is 40.1 Å². The lowest BCUT2D eigenvalue weighted by molar-refractivity contribution is -0.138. The van der Waals surface area contributed by atoms with Gasteiger partial charge in [0, 0.05) is 7.11 Å². The fourth-order valence-corrected chi connectivity index (χ4v) is 1.74. The molecule has 1 unspecified atom stereocenters. The second kappa shape index (κ2) is 8.99. The van der Waals surface area contributed by atoms with Gasteiger partial charge >= 0.3 is 6.18 Å². The van der Waals surface area contributed by atoms with Gasteiger partial charge in [0.1, 0.15) is 0 Å². The van der Waals surface area contributed by atoms with Crippen molar-refractivity contribution < 1.29 is 27.4 Å². The highest BCUT2D eigenvalue weighted by molar-refractivity contribution is 5.32. The molecule has 0 aromatic heterocycles. The highest BCUT2D eigenvalue weighted by Gasteiger charge is 2.34. The quantitative estimate of drug-likeness (QED) is 0.712. The molecule has 0 aliphatic heterocycles. The molecule has 0 amide bonds. The molecule has 1 rings (SSSR count). The number of ether oxygens (including phenoxy) is 3. The molecule has 1 atom stereocenters. The van der Waals surface area contributed by atoms with Crippen molar-refractivity contribution in [1.29, 1.82) is 0 Å². The largest absolute Gasteiger partial charge is 0.416 e. The van der Waals surface area contributed by atoms with Crippen LogP contribution in [0.4, 0.5) is 13.2 Å². The summed E-state index contributed by atoms with van der Waals surface area (Å²) in [7, 11) is 1.57. The van der Waals surface area contributed by atoms with Crippen LogP contribution in [0.5, 0.6) is 0 Å². The molecule has 120 valence electrons. The molecule has 0 bridgehead atoms. The van der Waals surface area contributed by atoms with Crippen LogP contribution in [-0.4, -0.2) is 40.1 Å². The van der Waals surface area contributed by atoms with Crippen LogP contribution in [0.15, 0.2) is 24.3 Å². The summed E-state index contributed by atoms with van der Waals surface area (Å²) in [5, 5.41) is 0. The smallest absolute Gasteiger partial charge is 0.382 e. The number of hydrogen-bond acceptors (Lipinski definition) is 4. The van der Waals surface area contributed by atoms with E-state index < -0.39 is 17.8 Å². The van der Waals surface area contributed by atoms with Crippen LogP contribution in [0.1, 0.15) is 17.2 Å². The monoisotopic (exact) mass is 307 g/mol. The van der Waals surface area contributed by atoms with Crippen molar-refractivity contribution in [3.63, 3.8) is 0 Å². The van der Waals surface area contributed by atoms with Crippen LogP contribution in [0.3, 0.4) is 0 Å². The van der Waals surface area contributed by atoms with E-state index in [1.165, 1.54) is 18.2 Å². The molecule has 0 spiro atoms. The maximum absolute atomic E-state index is 12.8. The van der Waals surface area contributed by atoms with Gasteiger partial charge in [0.05, 0.1) is 44.6 Å². The Morgan fingerprint density at radius 2 is 1.67 bits per heavy atom. The van der Waals surface area contributed by atoms with Crippen molar-refractivity contribution in [1.82, 2.24) is 0 Å². The molecule has 0 fully saturated rings. The van der Waals surface area contributed by atoms with Gasteiger partial charge < -0.3 is 19.9 Å². The Labute approximate surface area is 122 Å². The summed E-state index contributed by atoms with van der Waals surface area (Å²) >= 11 is 0. The van der Waals surface area contributed by atoms with Crippen LogP contribution >= 0.6 is 0 Å². The Bertz CT molecular complexity index is 413. The molecular formula is C14H20F3NO3. The molecule has 21 heavy (non-hydrogen) atoms. The second-order valence-corrected chi connectivity index (χ2v) is 4.37. The van der Waals surface area contributed by atoms with Crippen LogP contribution in [-0.2, 0) is 20.4 Å². The predicted octanol–water partition coefficient (Wildman–Crippen LogP) is 2.38. The van der Waals surface area contributed by atoms with E-state index in [-0.39, 0.29) is 18.8 Å². The number of hydrogen-bond donors (Lipinski definition) is 1. The Morgan fingerprint density at radius 3 is 2.33 bits per heavy atom. The zero-order valence-corrected chi connectivity index (χ0v) is 11.9. The highest BCUT2D eigenvalue weighted by Crippen LogP contribution is 2.33. The minimum absolute atomic E-state index is 0.000725. The van der Waals surface area contributed by atoms with E-state index in [9.17, 15) is 13.2 Å². The first-order valence-electron chi connectivity index (χ1n) is 6.53. The van der Waals surface area contributed by atoms with Crippen LogP contribution in [0, 0.1) is 0 Å². The molecule has 1 aromatic carbocycles. The van der Waals surface area contributed by atoms with Gasteiger partial charge in [-0.15, -0.1) is 0 Å². The summed E-state index contributed by atoms with van der Waals surface area (Å²) in [6, 6.07) is 4.42. The normalized spacial score (nSPS) is 13.4. The average Bonchev–Trinajstić information content (AvgIpc) is 2.45. The van der Waals surface area contributed by atoms with E-state index >= 15 is 0 Å². The minimum atomic E-state index is -4.42. The Balaban J connectivity index is 2.41. The van der Waals surface area contributed by atoms with Crippen LogP contribution in [0.25, 0.3) is 0 Å². The fourth-order valence-electron chi connectivity index (χ4n) is 1.74. The molecule has 0 aliphatic rings. The van der Waals surface area contributed by atoms with E-state index in [1.54, 1.807) is 7.11 Å². The molecule has 0 heterocycles. The molecule has 0 aliphatic carbocycles. The molecule has 2 N–H and O–H groups in total. The third-order valence-electron chi connectivity index (χ3n) is 2.77. The predicted molar refractivity (Wildman–Crippen MR) is 71.9 cm³/mol. The molecule has 0 radical (unpaired) electrons. The number of benzene rings is 1. The molecule has 4 nitrogen and oxygen atoms in total. The lowest BCUT2D eigenvalue weighted by atomic mass is 10.0. The van der Waals surface area contributed by atoms with Gasteiger partial charge in [-0.25, -0.2) is 0 Å². The van der Waals surface area contributed by atoms with Gasteiger partial charge in [-0.3, -0.25) is 0 Å². The maximum Gasteiger partial charge on any atom is 0.416 e. The SMILES string of the molecule is COCCOCCOCC(N)c1ccccc1C(F)(F)F. The number of rotatable bonds is 9. The van der Waals surface area contributed by atoms with Crippen molar-refractivity contribution >= 4 is 0 Å².